The van der Waals surface area contributed by atoms with Crippen LogP contribution in [-0.2, 0) is 4.79 Å². The molecule has 0 aliphatic heterocycles. The van der Waals surface area contributed by atoms with E-state index in [2.05, 4.69) is 12.6 Å². The maximum atomic E-state index is 10.7. The fourth-order valence-electron chi connectivity index (χ4n) is 0.439. The Bertz CT molecular complexity index is 97.0. The Morgan fingerprint density at radius 3 is 2.67 bits per heavy atom. The van der Waals surface area contributed by atoms with Gasteiger partial charge in [0, 0.05) is 20.1 Å². The first-order chi connectivity index (χ1) is 4.22. The summed E-state index contributed by atoms with van der Waals surface area (Å²) in [5.41, 5.74) is 5.20. The monoisotopic (exact) mass is 148 g/mol. The van der Waals surface area contributed by atoms with E-state index in [4.69, 9.17) is 5.73 Å². The lowest BCUT2D eigenvalue weighted by atomic mass is 10.5. The van der Waals surface area contributed by atoms with Gasteiger partial charge < -0.3 is 10.6 Å². The van der Waals surface area contributed by atoms with Crippen molar-refractivity contribution in [2.45, 2.75) is 0 Å². The summed E-state index contributed by atoms with van der Waals surface area (Å²) in [4.78, 5) is 12.3. The molecule has 0 aliphatic carbocycles. The van der Waals surface area contributed by atoms with E-state index in [0.717, 1.165) is 0 Å². The number of amides is 1. The molecule has 0 rings (SSSR count). The van der Waals surface area contributed by atoms with Gasteiger partial charge in [0.1, 0.15) is 0 Å². The molecule has 0 aliphatic rings. The zero-order valence-electron chi connectivity index (χ0n) is 5.50. The summed E-state index contributed by atoms with van der Waals surface area (Å²) >= 11 is 3.82. The Balaban J connectivity index is 3.45. The molecule has 0 spiro atoms. The zero-order chi connectivity index (χ0) is 7.28. The molecular weight excluding hydrogens is 136 g/mol. The Morgan fingerprint density at radius 1 is 1.78 bits per heavy atom. The predicted octanol–water partition coefficient (Wildman–Crippen LogP) is -0.667. The SMILES string of the molecule is CN(CCN)C(=O)CS. The average Bonchev–Trinajstić information content (AvgIpc) is 1.87. The van der Waals surface area contributed by atoms with Gasteiger partial charge in [-0.1, -0.05) is 0 Å². The number of carbonyl (C=O) groups excluding carboxylic acids is 1. The third-order valence-corrected chi connectivity index (χ3v) is 1.30. The number of likely N-dealkylation sites (N-methyl/N-ethyl adjacent to an activating group) is 1. The van der Waals surface area contributed by atoms with Gasteiger partial charge in [-0.25, -0.2) is 0 Å². The first kappa shape index (κ1) is 8.78. The molecule has 3 nitrogen and oxygen atoms in total. The fourth-order valence-corrected chi connectivity index (χ4v) is 0.680. The number of rotatable bonds is 3. The molecule has 54 valence electrons. The van der Waals surface area contributed by atoms with Crippen molar-refractivity contribution in [3.63, 3.8) is 0 Å². The standard InChI is InChI=1S/C5H12N2OS/c1-7(3-2-6)5(8)4-9/h9H,2-4,6H2,1H3. The van der Waals surface area contributed by atoms with Crippen molar-refractivity contribution < 1.29 is 4.79 Å². The largest absolute Gasteiger partial charge is 0.344 e. The lowest BCUT2D eigenvalue weighted by Gasteiger charge is -2.13. The van der Waals surface area contributed by atoms with Gasteiger partial charge in [0.15, 0.2) is 0 Å². The Morgan fingerprint density at radius 2 is 2.33 bits per heavy atom. The van der Waals surface area contributed by atoms with Crippen LogP contribution in [0.4, 0.5) is 0 Å². The van der Waals surface area contributed by atoms with Crippen LogP contribution in [0.15, 0.2) is 0 Å². The van der Waals surface area contributed by atoms with Crippen molar-refractivity contribution in [2.24, 2.45) is 5.73 Å². The summed E-state index contributed by atoms with van der Waals surface area (Å²) in [5.74, 6) is 0.278. The summed E-state index contributed by atoms with van der Waals surface area (Å²) in [6, 6.07) is 0. The minimum absolute atomic E-state index is 0.0174. The van der Waals surface area contributed by atoms with Gasteiger partial charge >= 0.3 is 0 Å². The van der Waals surface area contributed by atoms with Crippen LogP contribution in [0, 0.1) is 0 Å². The van der Waals surface area contributed by atoms with E-state index in [9.17, 15) is 4.79 Å². The maximum absolute atomic E-state index is 10.7. The van der Waals surface area contributed by atoms with Crippen molar-refractivity contribution >= 4 is 18.5 Å². The van der Waals surface area contributed by atoms with Crippen LogP contribution in [0.25, 0.3) is 0 Å². The van der Waals surface area contributed by atoms with E-state index in [1.807, 2.05) is 0 Å². The van der Waals surface area contributed by atoms with Crippen LogP contribution in [0.5, 0.6) is 0 Å². The average molecular weight is 148 g/mol. The van der Waals surface area contributed by atoms with Gasteiger partial charge in [0.2, 0.25) is 5.91 Å². The highest BCUT2D eigenvalue weighted by molar-refractivity contribution is 7.81. The number of nitrogens with zero attached hydrogens (tertiary/aromatic N) is 1. The van der Waals surface area contributed by atoms with Crippen LogP contribution in [0.3, 0.4) is 0 Å². The smallest absolute Gasteiger partial charge is 0.232 e. The van der Waals surface area contributed by atoms with E-state index < -0.39 is 0 Å². The van der Waals surface area contributed by atoms with Crippen LogP contribution < -0.4 is 5.73 Å². The van der Waals surface area contributed by atoms with Crippen molar-refractivity contribution in [1.82, 2.24) is 4.90 Å². The molecular formula is C5H12N2OS. The molecule has 0 saturated carbocycles. The summed E-state index contributed by atoms with van der Waals surface area (Å²) in [6.07, 6.45) is 0. The molecule has 0 radical (unpaired) electrons. The number of carbonyl (C=O) groups is 1. The highest BCUT2D eigenvalue weighted by atomic mass is 32.1. The Labute approximate surface area is 60.6 Å². The van der Waals surface area contributed by atoms with Crippen molar-refractivity contribution in [3.05, 3.63) is 0 Å². The molecule has 0 aromatic rings. The van der Waals surface area contributed by atoms with Gasteiger partial charge in [0.25, 0.3) is 0 Å². The second-order valence-corrected chi connectivity index (χ2v) is 2.08. The molecule has 0 aromatic carbocycles. The predicted molar refractivity (Wildman–Crippen MR) is 40.5 cm³/mol. The topological polar surface area (TPSA) is 46.3 Å². The second kappa shape index (κ2) is 4.64. The van der Waals surface area contributed by atoms with E-state index in [0.29, 0.717) is 13.1 Å². The molecule has 0 saturated heterocycles. The normalized spacial score (nSPS) is 9.22. The summed E-state index contributed by atoms with van der Waals surface area (Å²) in [6.45, 7) is 1.12. The molecule has 4 heteroatoms. The van der Waals surface area contributed by atoms with Crippen molar-refractivity contribution in [2.75, 3.05) is 25.9 Å². The summed E-state index contributed by atoms with van der Waals surface area (Å²) in [7, 11) is 1.71. The third-order valence-electron chi connectivity index (χ3n) is 1.03. The van der Waals surface area contributed by atoms with Crippen LogP contribution in [-0.4, -0.2) is 36.7 Å². The molecule has 9 heavy (non-hydrogen) atoms. The lowest BCUT2D eigenvalue weighted by molar-refractivity contribution is -0.126. The molecule has 2 N–H and O–H groups in total. The number of nitrogens with two attached hydrogens (primary N) is 1. The number of thiol groups is 1. The van der Waals surface area contributed by atoms with Gasteiger partial charge in [-0.05, 0) is 0 Å². The molecule has 0 atom stereocenters. The van der Waals surface area contributed by atoms with Crippen LogP contribution >= 0.6 is 12.6 Å². The highest BCUT2D eigenvalue weighted by Gasteiger charge is 2.02. The third kappa shape index (κ3) is 3.37. The molecule has 0 bridgehead atoms. The van der Waals surface area contributed by atoms with Gasteiger partial charge in [-0.2, -0.15) is 12.6 Å². The zero-order valence-corrected chi connectivity index (χ0v) is 6.40. The quantitative estimate of drug-likeness (QED) is 0.522. The van der Waals surface area contributed by atoms with Crippen LogP contribution in [0.2, 0.25) is 0 Å². The first-order valence-corrected chi connectivity index (χ1v) is 3.40. The van der Waals surface area contributed by atoms with Gasteiger partial charge in [0.05, 0.1) is 5.75 Å². The van der Waals surface area contributed by atoms with Crippen LogP contribution in [0.1, 0.15) is 0 Å². The number of hydrogen-bond acceptors (Lipinski definition) is 3. The molecule has 0 heterocycles. The first-order valence-electron chi connectivity index (χ1n) is 2.77. The second-order valence-electron chi connectivity index (χ2n) is 1.76. The summed E-state index contributed by atoms with van der Waals surface area (Å²) in [5, 5.41) is 0. The lowest BCUT2D eigenvalue weighted by Crippen LogP contribution is -2.32. The Kier molecular flexibility index (Phi) is 4.53. The van der Waals surface area contributed by atoms with Crippen molar-refractivity contribution in [1.29, 1.82) is 0 Å². The van der Waals surface area contributed by atoms with E-state index in [1.54, 1.807) is 11.9 Å². The summed E-state index contributed by atoms with van der Waals surface area (Å²) < 4.78 is 0. The number of hydrogen-bond donors (Lipinski definition) is 2. The maximum Gasteiger partial charge on any atom is 0.232 e. The minimum Gasteiger partial charge on any atom is -0.344 e. The Hall–Kier alpha value is -0.220. The molecule has 1 amide bonds. The molecule has 0 unspecified atom stereocenters. The van der Waals surface area contributed by atoms with E-state index in [1.165, 1.54) is 0 Å². The van der Waals surface area contributed by atoms with Crippen molar-refractivity contribution in [3.8, 4) is 0 Å². The highest BCUT2D eigenvalue weighted by Crippen LogP contribution is 1.84. The minimum atomic E-state index is 0.0174. The fraction of sp³-hybridized carbons (Fsp3) is 0.800. The molecule has 0 aromatic heterocycles. The van der Waals surface area contributed by atoms with E-state index >= 15 is 0 Å². The molecule has 0 fully saturated rings. The van der Waals surface area contributed by atoms with Gasteiger partial charge in [-0.15, -0.1) is 0 Å². The van der Waals surface area contributed by atoms with E-state index in [-0.39, 0.29) is 11.7 Å². The van der Waals surface area contributed by atoms with Gasteiger partial charge in [-0.3, -0.25) is 4.79 Å².